The fraction of sp³-hybridized carbons (Fsp3) is 0.500. The van der Waals surface area contributed by atoms with E-state index in [-0.39, 0.29) is 6.42 Å². The van der Waals surface area contributed by atoms with Crippen LogP contribution in [0.1, 0.15) is 13.3 Å². The maximum absolute atomic E-state index is 10.7. The lowest BCUT2D eigenvalue weighted by atomic mass is 9.96. The predicted octanol–water partition coefficient (Wildman–Crippen LogP) is 2.22. The Morgan fingerprint density at radius 3 is 2.36 bits per heavy atom. The first-order chi connectivity index (χ1) is 6.27. The van der Waals surface area contributed by atoms with E-state index in [4.69, 9.17) is 21.4 Å². The second kappa shape index (κ2) is 5.10. The maximum atomic E-state index is 10.7. The number of hydrogen-bond donors (Lipinski definition) is 2. The summed E-state index contributed by atoms with van der Waals surface area (Å²) in [5.74, 6) is 0. The van der Waals surface area contributed by atoms with E-state index in [1.165, 1.54) is 12.2 Å². The molecule has 0 radical (unpaired) electrons. The summed E-state index contributed by atoms with van der Waals surface area (Å²) in [5, 5.41) is -0.620. The van der Waals surface area contributed by atoms with E-state index in [1.54, 1.807) is 6.92 Å². The van der Waals surface area contributed by atoms with Crippen LogP contribution in [0.15, 0.2) is 25.3 Å². The Hall–Kier alpha value is -0.120. The van der Waals surface area contributed by atoms with Crippen molar-refractivity contribution in [1.29, 1.82) is 0 Å². The molecule has 0 saturated heterocycles. The molecule has 0 heterocycles. The Bertz CT molecular complexity index is 260. The Labute approximate surface area is 88.5 Å². The quantitative estimate of drug-likeness (QED) is 0.424. The van der Waals surface area contributed by atoms with Crippen LogP contribution in [0.3, 0.4) is 0 Å². The molecule has 6 heteroatoms. The van der Waals surface area contributed by atoms with Gasteiger partial charge in [-0.3, -0.25) is 4.52 Å². The van der Waals surface area contributed by atoms with Gasteiger partial charge in [-0.15, -0.1) is 24.8 Å². The van der Waals surface area contributed by atoms with Crippen molar-refractivity contribution in [2.24, 2.45) is 0 Å². The standard InChI is InChI=1S/C8H14ClO4P/c1-4-6-8(5-2,7(3)9)13-14(10,11)12/h4-5,7H,1-2,6H2,3H3,(H2,10,11,12). The first-order valence-electron chi connectivity index (χ1n) is 3.92. The highest BCUT2D eigenvalue weighted by molar-refractivity contribution is 7.46. The van der Waals surface area contributed by atoms with E-state index in [9.17, 15) is 4.57 Å². The zero-order valence-corrected chi connectivity index (χ0v) is 9.54. The Kier molecular flexibility index (Phi) is 5.06. The molecule has 14 heavy (non-hydrogen) atoms. The van der Waals surface area contributed by atoms with E-state index in [1.807, 2.05) is 0 Å². The molecule has 0 aromatic rings. The van der Waals surface area contributed by atoms with Crippen molar-refractivity contribution in [2.45, 2.75) is 24.3 Å². The van der Waals surface area contributed by atoms with Gasteiger partial charge >= 0.3 is 7.82 Å². The average molecular weight is 241 g/mol. The molecule has 0 aliphatic rings. The maximum Gasteiger partial charge on any atom is 0.470 e. The molecule has 2 N–H and O–H groups in total. The summed E-state index contributed by atoms with van der Waals surface area (Å²) in [7, 11) is -4.59. The first kappa shape index (κ1) is 13.9. The van der Waals surface area contributed by atoms with Crippen molar-refractivity contribution in [3.8, 4) is 0 Å². The lowest BCUT2D eigenvalue weighted by Gasteiger charge is -2.31. The monoisotopic (exact) mass is 240 g/mol. The molecule has 0 aromatic carbocycles. The summed E-state index contributed by atoms with van der Waals surface area (Å²) in [4.78, 5) is 17.4. The minimum atomic E-state index is -4.59. The van der Waals surface area contributed by atoms with Crippen LogP contribution in [0.25, 0.3) is 0 Å². The summed E-state index contributed by atoms with van der Waals surface area (Å²) >= 11 is 5.80. The highest BCUT2D eigenvalue weighted by Gasteiger charge is 2.38. The molecule has 2 unspecified atom stereocenters. The average Bonchev–Trinajstić information content (AvgIpc) is 2.00. The summed E-state index contributed by atoms with van der Waals surface area (Å²) in [6.45, 7) is 8.49. The summed E-state index contributed by atoms with van der Waals surface area (Å²) < 4.78 is 15.3. The van der Waals surface area contributed by atoms with Crippen LogP contribution < -0.4 is 0 Å². The molecule has 0 aromatic heterocycles. The van der Waals surface area contributed by atoms with Crippen LogP contribution in [0, 0.1) is 0 Å². The topological polar surface area (TPSA) is 66.8 Å². The van der Waals surface area contributed by atoms with Gasteiger partial charge in [-0.2, -0.15) is 0 Å². The van der Waals surface area contributed by atoms with Crippen LogP contribution in [0.5, 0.6) is 0 Å². The first-order valence-corrected chi connectivity index (χ1v) is 5.89. The van der Waals surface area contributed by atoms with E-state index in [2.05, 4.69) is 17.7 Å². The summed E-state index contributed by atoms with van der Waals surface area (Å²) in [5.41, 5.74) is -1.28. The van der Waals surface area contributed by atoms with Crippen molar-refractivity contribution in [2.75, 3.05) is 0 Å². The van der Waals surface area contributed by atoms with Gasteiger partial charge in [0.15, 0.2) is 0 Å². The van der Waals surface area contributed by atoms with Crippen molar-refractivity contribution in [1.82, 2.24) is 0 Å². The number of rotatable bonds is 6. The lowest BCUT2D eigenvalue weighted by molar-refractivity contribution is 0.0758. The lowest BCUT2D eigenvalue weighted by Crippen LogP contribution is -2.36. The second-order valence-corrected chi connectivity index (χ2v) is 4.67. The highest BCUT2D eigenvalue weighted by atomic mass is 35.5. The van der Waals surface area contributed by atoms with Gasteiger partial charge in [0.2, 0.25) is 0 Å². The summed E-state index contributed by atoms with van der Waals surface area (Å²) in [6.07, 6.45) is 2.94. The SMILES string of the molecule is C=CCC(C=C)(OP(=O)(O)O)C(C)Cl. The molecule has 2 atom stereocenters. The fourth-order valence-electron chi connectivity index (χ4n) is 1.00. The molecule has 0 saturated carbocycles. The van der Waals surface area contributed by atoms with Crippen molar-refractivity contribution in [3.05, 3.63) is 25.3 Å². The van der Waals surface area contributed by atoms with Crippen LogP contribution in [0.4, 0.5) is 0 Å². The number of phosphoric ester groups is 1. The zero-order chi connectivity index (χ0) is 11.4. The van der Waals surface area contributed by atoms with Gasteiger partial charge in [0, 0.05) is 0 Å². The highest BCUT2D eigenvalue weighted by Crippen LogP contribution is 2.45. The van der Waals surface area contributed by atoms with E-state index in [0.717, 1.165) is 0 Å². The van der Waals surface area contributed by atoms with Crippen LogP contribution in [-0.4, -0.2) is 20.8 Å². The Morgan fingerprint density at radius 1 is 1.64 bits per heavy atom. The van der Waals surface area contributed by atoms with Crippen molar-refractivity contribution in [3.63, 3.8) is 0 Å². The minimum Gasteiger partial charge on any atom is -0.303 e. The normalized spacial score (nSPS) is 18.3. The van der Waals surface area contributed by atoms with Gasteiger partial charge in [0.1, 0.15) is 5.60 Å². The third-order valence-corrected chi connectivity index (χ3v) is 2.72. The van der Waals surface area contributed by atoms with Crippen LogP contribution in [0.2, 0.25) is 0 Å². The molecular weight excluding hydrogens is 227 g/mol. The number of alkyl halides is 1. The summed E-state index contributed by atoms with van der Waals surface area (Å²) in [6, 6.07) is 0. The van der Waals surface area contributed by atoms with E-state index in [0.29, 0.717) is 0 Å². The smallest absolute Gasteiger partial charge is 0.303 e. The third-order valence-electron chi connectivity index (χ3n) is 1.77. The molecule has 0 bridgehead atoms. The van der Waals surface area contributed by atoms with Gasteiger partial charge in [0.05, 0.1) is 5.38 Å². The Balaban J connectivity index is 4.94. The Morgan fingerprint density at radius 2 is 2.14 bits per heavy atom. The number of hydrogen-bond acceptors (Lipinski definition) is 2. The number of halogens is 1. The third kappa shape index (κ3) is 3.95. The largest absolute Gasteiger partial charge is 0.470 e. The number of phosphoric acid groups is 1. The molecule has 4 nitrogen and oxygen atoms in total. The molecule has 82 valence electrons. The zero-order valence-electron chi connectivity index (χ0n) is 7.89. The molecule has 0 aliphatic heterocycles. The molecule has 0 spiro atoms. The molecule has 0 rings (SSSR count). The molecule has 0 aliphatic carbocycles. The fourth-order valence-corrected chi connectivity index (χ4v) is 2.04. The van der Waals surface area contributed by atoms with E-state index >= 15 is 0 Å². The van der Waals surface area contributed by atoms with Crippen molar-refractivity contribution < 1.29 is 18.9 Å². The molecular formula is C8H14ClO4P. The van der Waals surface area contributed by atoms with Gasteiger partial charge in [0.25, 0.3) is 0 Å². The van der Waals surface area contributed by atoms with Crippen LogP contribution in [-0.2, 0) is 9.09 Å². The molecule has 0 amide bonds. The van der Waals surface area contributed by atoms with Gasteiger partial charge in [-0.1, -0.05) is 12.2 Å². The minimum absolute atomic E-state index is 0.187. The van der Waals surface area contributed by atoms with Gasteiger partial charge in [-0.25, -0.2) is 4.57 Å². The predicted molar refractivity (Wildman–Crippen MR) is 56.2 cm³/mol. The van der Waals surface area contributed by atoms with Gasteiger partial charge in [-0.05, 0) is 13.3 Å². The van der Waals surface area contributed by atoms with Crippen LogP contribution >= 0.6 is 19.4 Å². The second-order valence-electron chi connectivity index (χ2n) is 2.85. The van der Waals surface area contributed by atoms with Crippen molar-refractivity contribution >= 4 is 19.4 Å². The van der Waals surface area contributed by atoms with E-state index < -0.39 is 18.8 Å². The molecule has 0 fully saturated rings. The van der Waals surface area contributed by atoms with Gasteiger partial charge < -0.3 is 9.79 Å².